The molecule has 0 saturated carbocycles. The van der Waals surface area contributed by atoms with Crippen LogP contribution in [0, 0.1) is 11.8 Å². The van der Waals surface area contributed by atoms with Crippen LogP contribution in [-0.2, 0) is 17.4 Å². The SMILES string of the molecule is CC(Cc1cccc(C(F)(F)F)c1)C(=O)N1CCC(CO)CC1. The van der Waals surface area contributed by atoms with Crippen LogP contribution in [0.5, 0.6) is 0 Å². The van der Waals surface area contributed by atoms with E-state index >= 15 is 0 Å². The van der Waals surface area contributed by atoms with E-state index in [1.54, 1.807) is 17.9 Å². The summed E-state index contributed by atoms with van der Waals surface area (Å²) in [7, 11) is 0. The van der Waals surface area contributed by atoms with Crippen LogP contribution in [0.1, 0.15) is 30.9 Å². The third kappa shape index (κ3) is 4.70. The molecule has 1 fully saturated rings. The van der Waals surface area contributed by atoms with Gasteiger partial charge in [0.15, 0.2) is 0 Å². The number of halogens is 3. The van der Waals surface area contributed by atoms with Gasteiger partial charge in [-0.3, -0.25) is 4.79 Å². The van der Waals surface area contributed by atoms with Crippen molar-refractivity contribution in [3.05, 3.63) is 35.4 Å². The summed E-state index contributed by atoms with van der Waals surface area (Å²) in [4.78, 5) is 14.2. The first-order valence-corrected chi connectivity index (χ1v) is 7.87. The summed E-state index contributed by atoms with van der Waals surface area (Å²) in [6, 6.07) is 5.15. The summed E-state index contributed by atoms with van der Waals surface area (Å²) in [5.74, 6) is -0.138. The number of benzene rings is 1. The lowest BCUT2D eigenvalue weighted by molar-refractivity contribution is -0.137. The fourth-order valence-corrected chi connectivity index (χ4v) is 2.96. The Balaban J connectivity index is 1.96. The third-order valence-electron chi connectivity index (χ3n) is 4.40. The molecule has 1 N–H and O–H groups in total. The zero-order valence-corrected chi connectivity index (χ0v) is 13.1. The molecule has 0 spiro atoms. The van der Waals surface area contributed by atoms with Gasteiger partial charge in [-0.1, -0.05) is 25.1 Å². The van der Waals surface area contributed by atoms with Crippen LogP contribution in [0.25, 0.3) is 0 Å². The fourth-order valence-electron chi connectivity index (χ4n) is 2.96. The van der Waals surface area contributed by atoms with Crippen LogP contribution in [0.4, 0.5) is 13.2 Å². The quantitative estimate of drug-likeness (QED) is 0.922. The maximum atomic E-state index is 12.7. The molecule has 0 aromatic heterocycles. The number of rotatable bonds is 4. The van der Waals surface area contributed by atoms with Gasteiger partial charge in [-0.15, -0.1) is 0 Å². The number of hydrogen-bond acceptors (Lipinski definition) is 2. The van der Waals surface area contributed by atoms with Crippen LogP contribution in [-0.4, -0.2) is 35.6 Å². The highest BCUT2D eigenvalue weighted by molar-refractivity contribution is 5.78. The maximum Gasteiger partial charge on any atom is 0.416 e. The number of piperidine rings is 1. The monoisotopic (exact) mass is 329 g/mol. The zero-order valence-electron chi connectivity index (χ0n) is 13.1. The molecule has 1 heterocycles. The number of aliphatic hydroxyl groups excluding tert-OH is 1. The Labute approximate surface area is 134 Å². The van der Waals surface area contributed by atoms with Gasteiger partial charge in [0, 0.05) is 25.6 Å². The second-order valence-electron chi connectivity index (χ2n) is 6.25. The molecule has 6 heteroatoms. The molecule has 0 aliphatic carbocycles. The van der Waals surface area contributed by atoms with Gasteiger partial charge >= 0.3 is 6.18 Å². The Morgan fingerprint density at radius 3 is 2.57 bits per heavy atom. The molecule has 1 aliphatic heterocycles. The molecule has 1 unspecified atom stereocenters. The van der Waals surface area contributed by atoms with Crippen molar-refractivity contribution in [2.45, 2.75) is 32.4 Å². The van der Waals surface area contributed by atoms with Crippen LogP contribution < -0.4 is 0 Å². The van der Waals surface area contributed by atoms with Crippen LogP contribution in [0.2, 0.25) is 0 Å². The predicted molar refractivity (Wildman–Crippen MR) is 80.7 cm³/mol. The van der Waals surface area contributed by atoms with Gasteiger partial charge in [0.2, 0.25) is 5.91 Å². The van der Waals surface area contributed by atoms with E-state index in [-0.39, 0.29) is 24.3 Å². The number of carbonyl (C=O) groups is 1. The number of nitrogens with zero attached hydrogens (tertiary/aromatic N) is 1. The minimum atomic E-state index is -4.37. The number of alkyl halides is 3. The van der Waals surface area contributed by atoms with Gasteiger partial charge in [-0.2, -0.15) is 13.2 Å². The first-order chi connectivity index (χ1) is 10.8. The lowest BCUT2D eigenvalue weighted by Gasteiger charge is -2.33. The van der Waals surface area contributed by atoms with Crippen molar-refractivity contribution < 1.29 is 23.1 Å². The smallest absolute Gasteiger partial charge is 0.396 e. The van der Waals surface area contributed by atoms with Crippen molar-refractivity contribution in [1.29, 1.82) is 0 Å². The molecule has 1 aromatic rings. The van der Waals surface area contributed by atoms with Crippen molar-refractivity contribution in [2.24, 2.45) is 11.8 Å². The molecule has 1 amide bonds. The fraction of sp³-hybridized carbons (Fsp3) is 0.588. The molecular weight excluding hydrogens is 307 g/mol. The largest absolute Gasteiger partial charge is 0.416 e. The molecule has 2 rings (SSSR count). The summed E-state index contributed by atoms with van der Waals surface area (Å²) < 4.78 is 38.2. The molecule has 128 valence electrons. The van der Waals surface area contributed by atoms with Crippen LogP contribution in [0.3, 0.4) is 0 Å². The van der Waals surface area contributed by atoms with E-state index in [2.05, 4.69) is 0 Å². The van der Waals surface area contributed by atoms with E-state index in [4.69, 9.17) is 5.11 Å². The van der Waals surface area contributed by atoms with Crippen molar-refractivity contribution in [2.75, 3.05) is 19.7 Å². The molecule has 23 heavy (non-hydrogen) atoms. The molecule has 1 aliphatic rings. The number of amides is 1. The lowest BCUT2D eigenvalue weighted by Crippen LogP contribution is -2.42. The summed E-state index contributed by atoms with van der Waals surface area (Å²) in [5, 5.41) is 9.12. The summed E-state index contributed by atoms with van der Waals surface area (Å²) in [5.41, 5.74) is -0.163. The van der Waals surface area contributed by atoms with Crippen LogP contribution >= 0.6 is 0 Å². The summed E-state index contributed by atoms with van der Waals surface area (Å²) in [6.07, 6.45) is -2.52. The number of hydrogen-bond donors (Lipinski definition) is 1. The third-order valence-corrected chi connectivity index (χ3v) is 4.40. The van der Waals surface area contributed by atoms with Crippen LogP contribution in [0.15, 0.2) is 24.3 Å². The minimum Gasteiger partial charge on any atom is -0.396 e. The van der Waals surface area contributed by atoms with Gasteiger partial charge in [0.05, 0.1) is 5.56 Å². The minimum absolute atomic E-state index is 0.0289. The average molecular weight is 329 g/mol. The van der Waals surface area contributed by atoms with Gasteiger partial charge < -0.3 is 10.0 Å². The highest BCUT2D eigenvalue weighted by atomic mass is 19.4. The Kier molecular flexibility index (Phi) is 5.68. The normalized spacial score (nSPS) is 18.0. The molecule has 0 radical (unpaired) electrons. The van der Waals surface area contributed by atoms with Gasteiger partial charge in [-0.25, -0.2) is 0 Å². The average Bonchev–Trinajstić information content (AvgIpc) is 2.53. The Bertz CT molecular complexity index is 537. The highest BCUT2D eigenvalue weighted by Crippen LogP contribution is 2.30. The maximum absolute atomic E-state index is 12.7. The molecule has 3 nitrogen and oxygen atoms in total. The highest BCUT2D eigenvalue weighted by Gasteiger charge is 2.31. The van der Waals surface area contributed by atoms with E-state index < -0.39 is 11.7 Å². The Morgan fingerprint density at radius 2 is 2.00 bits per heavy atom. The van der Waals surface area contributed by atoms with E-state index in [9.17, 15) is 18.0 Å². The topological polar surface area (TPSA) is 40.5 Å². The van der Waals surface area contributed by atoms with E-state index in [0.29, 0.717) is 25.1 Å². The molecule has 1 aromatic carbocycles. The number of carbonyl (C=O) groups excluding carboxylic acids is 1. The second kappa shape index (κ2) is 7.34. The Morgan fingerprint density at radius 1 is 1.35 bits per heavy atom. The number of likely N-dealkylation sites (tertiary alicyclic amines) is 1. The van der Waals surface area contributed by atoms with E-state index in [0.717, 1.165) is 25.0 Å². The number of aliphatic hydroxyl groups is 1. The predicted octanol–water partition coefficient (Wildman–Crippen LogP) is 3.11. The van der Waals surface area contributed by atoms with Crippen molar-refractivity contribution >= 4 is 5.91 Å². The first-order valence-electron chi connectivity index (χ1n) is 7.87. The van der Waals surface area contributed by atoms with Crippen molar-refractivity contribution in [3.8, 4) is 0 Å². The van der Waals surface area contributed by atoms with E-state index in [1.165, 1.54) is 6.07 Å². The van der Waals surface area contributed by atoms with Gasteiger partial charge in [-0.05, 0) is 36.8 Å². The van der Waals surface area contributed by atoms with Crippen molar-refractivity contribution in [1.82, 2.24) is 4.90 Å². The lowest BCUT2D eigenvalue weighted by atomic mass is 9.94. The molecule has 1 saturated heterocycles. The molecular formula is C17H22F3NO2. The molecule has 1 atom stereocenters. The van der Waals surface area contributed by atoms with Crippen molar-refractivity contribution in [3.63, 3.8) is 0 Å². The standard InChI is InChI=1S/C17H22F3NO2/c1-12(16(23)21-7-5-13(11-22)6-8-21)9-14-3-2-4-15(10-14)17(18,19)20/h2-4,10,12-13,22H,5-9,11H2,1H3. The first kappa shape index (κ1) is 17.8. The summed E-state index contributed by atoms with van der Waals surface area (Å²) >= 11 is 0. The van der Waals surface area contributed by atoms with Gasteiger partial charge in [0.25, 0.3) is 0 Å². The zero-order chi connectivity index (χ0) is 17.0. The summed E-state index contributed by atoms with van der Waals surface area (Å²) in [6.45, 7) is 3.11. The second-order valence-corrected chi connectivity index (χ2v) is 6.25. The molecule has 0 bridgehead atoms. The van der Waals surface area contributed by atoms with Gasteiger partial charge in [0.1, 0.15) is 0 Å². The van der Waals surface area contributed by atoms with E-state index in [1.807, 2.05) is 0 Å². The Hall–Kier alpha value is -1.56.